The third-order valence-electron chi connectivity index (χ3n) is 2.52. The molecule has 0 saturated carbocycles. The molecule has 0 spiro atoms. The van der Waals surface area contributed by atoms with Gasteiger partial charge < -0.3 is 4.42 Å². The van der Waals surface area contributed by atoms with Crippen molar-refractivity contribution in [2.45, 2.75) is 13.3 Å². The van der Waals surface area contributed by atoms with Crippen LogP contribution in [0.2, 0.25) is 0 Å². The van der Waals surface area contributed by atoms with Crippen LogP contribution in [-0.4, -0.2) is 14.2 Å². The molecule has 1 aromatic carbocycles. The summed E-state index contributed by atoms with van der Waals surface area (Å²) in [6.07, 6.45) is 0.0688. The van der Waals surface area contributed by atoms with Crippen LogP contribution in [-0.2, 0) is 16.6 Å². The standard InChI is InChI=1S/C11H11FO3S/c1-8-9-4-2-3-5-11(9)15-10(8)6-7-16(12,13)14/h2-5H,6-7H2,1H3. The van der Waals surface area contributed by atoms with E-state index in [1.807, 2.05) is 25.1 Å². The molecule has 2 aromatic rings. The summed E-state index contributed by atoms with van der Waals surface area (Å²) >= 11 is 0. The Balaban J connectivity index is 2.35. The zero-order valence-electron chi connectivity index (χ0n) is 8.73. The molecule has 0 fully saturated rings. The number of benzene rings is 1. The van der Waals surface area contributed by atoms with Gasteiger partial charge in [-0.25, -0.2) is 0 Å². The van der Waals surface area contributed by atoms with Crippen molar-refractivity contribution >= 4 is 21.2 Å². The van der Waals surface area contributed by atoms with Gasteiger partial charge in [-0.15, -0.1) is 3.89 Å². The molecule has 1 heterocycles. The van der Waals surface area contributed by atoms with E-state index in [4.69, 9.17) is 4.42 Å². The lowest BCUT2D eigenvalue weighted by molar-refractivity contribution is 0.531. The molecule has 0 saturated heterocycles. The second-order valence-electron chi connectivity index (χ2n) is 3.64. The first-order valence-corrected chi connectivity index (χ1v) is 6.42. The van der Waals surface area contributed by atoms with Crippen LogP contribution in [0.3, 0.4) is 0 Å². The number of hydrogen-bond acceptors (Lipinski definition) is 3. The summed E-state index contributed by atoms with van der Waals surface area (Å²) in [6, 6.07) is 7.40. The minimum Gasteiger partial charge on any atom is -0.461 e. The van der Waals surface area contributed by atoms with Crippen molar-refractivity contribution in [1.29, 1.82) is 0 Å². The Bertz CT molecular complexity index is 613. The van der Waals surface area contributed by atoms with Crippen LogP contribution in [0.25, 0.3) is 11.0 Å². The minimum absolute atomic E-state index is 0.0688. The number of rotatable bonds is 3. The Hall–Kier alpha value is -1.36. The Kier molecular flexibility index (Phi) is 2.71. The van der Waals surface area contributed by atoms with Crippen molar-refractivity contribution < 1.29 is 16.7 Å². The van der Waals surface area contributed by atoms with Gasteiger partial charge in [-0.1, -0.05) is 18.2 Å². The average Bonchev–Trinajstić information content (AvgIpc) is 2.53. The van der Waals surface area contributed by atoms with Gasteiger partial charge in [0.05, 0.1) is 5.75 Å². The van der Waals surface area contributed by atoms with Crippen LogP contribution < -0.4 is 0 Å². The summed E-state index contributed by atoms with van der Waals surface area (Å²) in [4.78, 5) is 0. The zero-order valence-corrected chi connectivity index (χ0v) is 9.55. The van der Waals surface area contributed by atoms with Gasteiger partial charge in [0.25, 0.3) is 0 Å². The highest BCUT2D eigenvalue weighted by molar-refractivity contribution is 7.86. The van der Waals surface area contributed by atoms with E-state index in [-0.39, 0.29) is 6.42 Å². The highest BCUT2D eigenvalue weighted by Crippen LogP contribution is 2.25. The first kappa shape index (κ1) is 11.1. The molecule has 0 bridgehead atoms. The van der Waals surface area contributed by atoms with Crippen LogP contribution >= 0.6 is 0 Å². The monoisotopic (exact) mass is 242 g/mol. The van der Waals surface area contributed by atoms with E-state index in [2.05, 4.69) is 0 Å². The van der Waals surface area contributed by atoms with Gasteiger partial charge in [0, 0.05) is 11.8 Å². The van der Waals surface area contributed by atoms with Crippen molar-refractivity contribution in [1.82, 2.24) is 0 Å². The van der Waals surface area contributed by atoms with E-state index < -0.39 is 16.0 Å². The van der Waals surface area contributed by atoms with Gasteiger partial charge in [0.15, 0.2) is 0 Å². The Morgan fingerprint density at radius 1 is 1.31 bits per heavy atom. The quantitative estimate of drug-likeness (QED) is 0.777. The normalized spacial score (nSPS) is 12.1. The largest absolute Gasteiger partial charge is 0.461 e. The summed E-state index contributed by atoms with van der Waals surface area (Å²) in [5, 5.41) is 0.939. The van der Waals surface area contributed by atoms with Gasteiger partial charge in [0.2, 0.25) is 0 Å². The van der Waals surface area contributed by atoms with E-state index in [0.29, 0.717) is 11.3 Å². The number of para-hydroxylation sites is 1. The Morgan fingerprint density at radius 3 is 2.62 bits per heavy atom. The lowest BCUT2D eigenvalue weighted by atomic mass is 10.1. The number of fused-ring (bicyclic) bond motifs is 1. The van der Waals surface area contributed by atoms with Crippen LogP contribution in [0.4, 0.5) is 3.89 Å². The molecule has 5 heteroatoms. The van der Waals surface area contributed by atoms with Gasteiger partial charge in [0.1, 0.15) is 11.3 Å². The Morgan fingerprint density at radius 2 is 2.00 bits per heavy atom. The molecule has 16 heavy (non-hydrogen) atoms. The molecule has 0 unspecified atom stereocenters. The molecule has 0 aliphatic heterocycles. The van der Waals surface area contributed by atoms with Gasteiger partial charge >= 0.3 is 10.2 Å². The lowest BCUT2D eigenvalue weighted by Gasteiger charge is -1.94. The molecule has 0 aliphatic carbocycles. The predicted molar refractivity (Wildman–Crippen MR) is 59.5 cm³/mol. The Labute approximate surface area is 93.1 Å². The van der Waals surface area contributed by atoms with Gasteiger partial charge in [-0.3, -0.25) is 0 Å². The van der Waals surface area contributed by atoms with E-state index in [1.165, 1.54) is 0 Å². The molecule has 0 amide bonds. The van der Waals surface area contributed by atoms with E-state index in [1.54, 1.807) is 6.07 Å². The second-order valence-corrected chi connectivity index (χ2v) is 5.13. The molecular formula is C11H11FO3S. The molecule has 2 rings (SSSR count). The van der Waals surface area contributed by atoms with Crippen LogP contribution in [0.5, 0.6) is 0 Å². The molecule has 0 aliphatic rings. The average molecular weight is 242 g/mol. The van der Waals surface area contributed by atoms with E-state index >= 15 is 0 Å². The van der Waals surface area contributed by atoms with E-state index in [9.17, 15) is 12.3 Å². The minimum atomic E-state index is -4.44. The predicted octanol–water partition coefficient (Wildman–Crippen LogP) is 2.58. The highest BCUT2D eigenvalue weighted by Gasteiger charge is 2.14. The van der Waals surface area contributed by atoms with Crippen molar-refractivity contribution in [3.8, 4) is 0 Å². The third kappa shape index (κ3) is 2.24. The topological polar surface area (TPSA) is 47.3 Å². The van der Waals surface area contributed by atoms with Crippen molar-refractivity contribution in [3.05, 3.63) is 35.6 Å². The molecule has 0 radical (unpaired) electrons. The summed E-state index contributed by atoms with van der Waals surface area (Å²) < 4.78 is 38.7. The molecule has 0 atom stereocenters. The summed E-state index contributed by atoms with van der Waals surface area (Å²) in [7, 11) is -4.44. The van der Waals surface area contributed by atoms with Crippen molar-refractivity contribution in [2.24, 2.45) is 0 Å². The number of hydrogen-bond donors (Lipinski definition) is 0. The maximum Gasteiger partial charge on any atom is 0.302 e. The number of furan rings is 1. The summed E-state index contributed by atoms with van der Waals surface area (Å²) in [5.41, 5.74) is 1.57. The van der Waals surface area contributed by atoms with Crippen LogP contribution in [0, 0.1) is 6.92 Å². The zero-order chi connectivity index (χ0) is 11.8. The van der Waals surface area contributed by atoms with Crippen molar-refractivity contribution in [3.63, 3.8) is 0 Å². The number of aryl methyl sites for hydroxylation is 2. The first-order valence-electron chi connectivity index (χ1n) is 4.87. The fourth-order valence-corrected chi connectivity index (χ4v) is 2.11. The second kappa shape index (κ2) is 3.90. The SMILES string of the molecule is Cc1c(CCS(=O)(=O)F)oc2ccccc12. The van der Waals surface area contributed by atoms with Gasteiger partial charge in [-0.05, 0) is 18.6 Å². The summed E-state index contributed by atoms with van der Waals surface area (Å²) in [6.45, 7) is 1.84. The molecule has 3 nitrogen and oxygen atoms in total. The number of halogens is 1. The molecule has 0 N–H and O–H groups in total. The third-order valence-corrected chi connectivity index (χ3v) is 3.21. The molecule has 1 aromatic heterocycles. The molecular weight excluding hydrogens is 231 g/mol. The van der Waals surface area contributed by atoms with Gasteiger partial charge in [-0.2, -0.15) is 8.42 Å². The lowest BCUT2D eigenvalue weighted by Crippen LogP contribution is -2.01. The molecule has 86 valence electrons. The highest BCUT2D eigenvalue weighted by atomic mass is 32.3. The van der Waals surface area contributed by atoms with E-state index in [0.717, 1.165) is 10.9 Å². The first-order chi connectivity index (χ1) is 7.47. The fraction of sp³-hybridized carbons (Fsp3) is 0.273. The van der Waals surface area contributed by atoms with Crippen molar-refractivity contribution in [2.75, 3.05) is 5.75 Å². The fourth-order valence-electron chi connectivity index (χ4n) is 1.68. The van der Waals surface area contributed by atoms with Crippen LogP contribution in [0.1, 0.15) is 11.3 Å². The maximum atomic E-state index is 12.4. The maximum absolute atomic E-state index is 12.4. The van der Waals surface area contributed by atoms with Crippen LogP contribution in [0.15, 0.2) is 28.7 Å². The smallest absolute Gasteiger partial charge is 0.302 e. The summed E-state index contributed by atoms with van der Waals surface area (Å²) in [5.74, 6) is -0.00404.